The number of carbonyl (C=O) groups is 1. The highest BCUT2D eigenvalue weighted by molar-refractivity contribution is 6.01. The van der Waals surface area contributed by atoms with Gasteiger partial charge < -0.3 is 9.84 Å². The van der Waals surface area contributed by atoms with Gasteiger partial charge in [-0.25, -0.2) is 9.79 Å². The van der Waals surface area contributed by atoms with E-state index in [1.807, 2.05) is 0 Å². The van der Waals surface area contributed by atoms with E-state index in [4.69, 9.17) is 4.74 Å². The number of amides is 1. The summed E-state index contributed by atoms with van der Waals surface area (Å²) < 4.78 is 5.21. The average molecular weight is 246 g/mol. The maximum Gasteiger partial charge on any atom is 0.418 e. The highest BCUT2D eigenvalue weighted by atomic mass is 16.6. The normalized spacial score (nSPS) is 19.4. The van der Waals surface area contributed by atoms with Crippen molar-refractivity contribution in [3.05, 3.63) is 29.8 Å². The lowest BCUT2D eigenvalue weighted by Crippen LogP contribution is -2.39. The van der Waals surface area contributed by atoms with Crippen LogP contribution < -0.4 is 0 Å². The summed E-state index contributed by atoms with van der Waals surface area (Å²) in [6.07, 6.45) is 2.05. The van der Waals surface area contributed by atoms with Gasteiger partial charge in [0.05, 0.1) is 0 Å². The molecule has 5 nitrogen and oxygen atoms in total. The molecule has 0 saturated heterocycles. The van der Waals surface area contributed by atoms with Gasteiger partial charge in [0, 0.05) is 12.1 Å². The largest absolute Gasteiger partial charge is 0.508 e. The molecule has 1 aromatic rings. The Morgan fingerprint density at radius 2 is 2.06 bits per heavy atom. The predicted octanol–water partition coefficient (Wildman–Crippen LogP) is 1.96. The summed E-state index contributed by atoms with van der Waals surface area (Å²) in [6.45, 7) is 1.09. The second kappa shape index (κ2) is 4.33. The van der Waals surface area contributed by atoms with E-state index in [-0.39, 0.29) is 11.8 Å². The predicted molar refractivity (Wildman–Crippen MR) is 65.4 cm³/mol. The Hall–Kier alpha value is -2.04. The molecule has 1 amide bonds. The van der Waals surface area contributed by atoms with E-state index in [9.17, 15) is 9.90 Å². The van der Waals surface area contributed by atoms with Crippen LogP contribution in [0.3, 0.4) is 0 Å². The number of nitrogens with zero attached hydrogens (tertiary/aromatic N) is 2. The molecule has 0 unspecified atom stereocenters. The van der Waals surface area contributed by atoms with Crippen molar-refractivity contribution in [1.29, 1.82) is 0 Å². The monoisotopic (exact) mass is 246 g/mol. The third kappa shape index (κ3) is 2.30. The maximum atomic E-state index is 11.8. The van der Waals surface area contributed by atoms with E-state index in [1.165, 1.54) is 12.8 Å². The van der Waals surface area contributed by atoms with E-state index >= 15 is 0 Å². The van der Waals surface area contributed by atoms with Crippen molar-refractivity contribution in [2.24, 2.45) is 10.9 Å². The molecule has 18 heavy (non-hydrogen) atoms. The molecular formula is C13H14N2O3. The molecule has 3 rings (SSSR count). The van der Waals surface area contributed by atoms with Gasteiger partial charge in [-0.05, 0) is 43.0 Å². The van der Waals surface area contributed by atoms with Crippen LogP contribution in [-0.2, 0) is 4.74 Å². The molecule has 2 aliphatic rings. The molecule has 0 atom stereocenters. The number of hydrogen-bond acceptors (Lipinski definition) is 4. The zero-order valence-corrected chi connectivity index (χ0v) is 9.87. The minimum Gasteiger partial charge on any atom is -0.508 e. The van der Waals surface area contributed by atoms with Gasteiger partial charge in [0.1, 0.15) is 12.4 Å². The van der Waals surface area contributed by atoms with Crippen LogP contribution in [-0.4, -0.2) is 35.2 Å². The Kier molecular flexibility index (Phi) is 2.66. The summed E-state index contributed by atoms with van der Waals surface area (Å²) >= 11 is 0. The lowest BCUT2D eigenvalue weighted by molar-refractivity contribution is 0.139. The van der Waals surface area contributed by atoms with Crippen molar-refractivity contribution in [2.45, 2.75) is 12.8 Å². The van der Waals surface area contributed by atoms with Crippen LogP contribution in [0.4, 0.5) is 4.79 Å². The van der Waals surface area contributed by atoms with E-state index in [0.717, 1.165) is 6.54 Å². The fourth-order valence-corrected chi connectivity index (χ4v) is 1.89. The molecule has 0 aromatic heterocycles. The van der Waals surface area contributed by atoms with E-state index in [0.29, 0.717) is 24.0 Å². The van der Waals surface area contributed by atoms with E-state index < -0.39 is 0 Å². The Morgan fingerprint density at radius 3 is 2.67 bits per heavy atom. The fraction of sp³-hybridized carbons (Fsp3) is 0.385. The van der Waals surface area contributed by atoms with Crippen molar-refractivity contribution in [3.8, 4) is 5.75 Å². The summed E-state index contributed by atoms with van der Waals surface area (Å²) in [4.78, 5) is 17.7. The number of rotatable bonds is 3. The fourth-order valence-electron chi connectivity index (χ4n) is 1.89. The number of phenolic OH excluding ortho intramolecular Hbond substituents is 1. The second-order valence-corrected chi connectivity index (χ2v) is 4.69. The number of carbonyl (C=O) groups excluding carboxylic acids is 1. The molecule has 1 fully saturated rings. The number of cyclic esters (lactones) is 1. The van der Waals surface area contributed by atoms with Gasteiger partial charge in [0.2, 0.25) is 5.90 Å². The first-order valence-corrected chi connectivity index (χ1v) is 6.03. The lowest BCUT2D eigenvalue weighted by atomic mass is 10.2. The van der Waals surface area contributed by atoms with Crippen molar-refractivity contribution in [2.75, 3.05) is 13.2 Å². The highest BCUT2D eigenvalue weighted by Gasteiger charge is 2.30. The molecule has 0 spiro atoms. The van der Waals surface area contributed by atoms with Crippen LogP contribution in [0.1, 0.15) is 18.4 Å². The van der Waals surface area contributed by atoms with Crippen LogP contribution in [0.5, 0.6) is 5.75 Å². The third-order valence-corrected chi connectivity index (χ3v) is 3.12. The van der Waals surface area contributed by atoms with E-state index in [1.54, 1.807) is 29.2 Å². The first kappa shape index (κ1) is 11.1. The van der Waals surface area contributed by atoms with Gasteiger partial charge in [-0.15, -0.1) is 0 Å². The summed E-state index contributed by atoms with van der Waals surface area (Å²) in [7, 11) is 0. The van der Waals surface area contributed by atoms with Crippen molar-refractivity contribution in [1.82, 2.24) is 4.90 Å². The lowest BCUT2D eigenvalue weighted by Gasteiger charge is -2.24. The number of aromatic hydroxyl groups is 1. The van der Waals surface area contributed by atoms with Gasteiger partial charge in [-0.1, -0.05) is 0 Å². The van der Waals surface area contributed by atoms with Crippen LogP contribution in [0.2, 0.25) is 0 Å². The molecule has 0 radical (unpaired) electrons. The maximum absolute atomic E-state index is 11.8. The Balaban J connectivity index is 1.72. The Bertz CT molecular complexity index is 491. The van der Waals surface area contributed by atoms with Gasteiger partial charge in [-0.3, -0.25) is 4.90 Å². The number of phenols is 1. The summed E-state index contributed by atoms with van der Waals surface area (Å²) in [5, 5.41) is 9.20. The van der Waals surface area contributed by atoms with Gasteiger partial charge in [-0.2, -0.15) is 0 Å². The minimum absolute atomic E-state index is 0.178. The molecule has 1 heterocycles. The number of hydrogen-bond donors (Lipinski definition) is 1. The summed E-state index contributed by atoms with van der Waals surface area (Å²) in [5.41, 5.74) is 0.701. The Morgan fingerprint density at radius 1 is 1.33 bits per heavy atom. The third-order valence-electron chi connectivity index (χ3n) is 3.12. The molecule has 1 aromatic carbocycles. The Labute approximate surface area is 105 Å². The minimum atomic E-state index is -0.333. The molecule has 5 heteroatoms. The smallest absolute Gasteiger partial charge is 0.418 e. The second-order valence-electron chi connectivity index (χ2n) is 4.69. The van der Waals surface area contributed by atoms with Gasteiger partial charge >= 0.3 is 6.09 Å². The van der Waals surface area contributed by atoms with Crippen LogP contribution in [0.25, 0.3) is 0 Å². The highest BCUT2D eigenvalue weighted by Crippen LogP contribution is 2.30. The van der Waals surface area contributed by atoms with Crippen molar-refractivity contribution < 1.29 is 14.6 Å². The zero-order valence-electron chi connectivity index (χ0n) is 9.87. The topological polar surface area (TPSA) is 62.1 Å². The van der Waals surface area contributed by atoms with Crippen LogP contribution >= 0.6 is 0 Å². The average Bonchev–Trinajstić information content (AvgIpc) is 3.17. The van der Waals surface area contributed by atoms with Crippen molar-refractivity contribution in [3.63, 3.8) is 0 Å². The van der Waals surface area contributed by atoms with E-state index in [2.05, 4.69) is 4.99 Å². The molecule has 94 valence electrons. The van der Waals surface area contributed by atoms with Gasteiger partial charge in [0.15, 0.2) is 0 Å². The molecule has 1 saturated carbocycles. The number of benzene rings is 1. The first-order valence-electron chi connectivity index (χ1n) is 6.03. The summed E-state index contributed by atoms with van der Waals surface area (Å²) in [5.74, 6) is 1.13. The molecule has 1 N–H and O–H groups in total. The number of aliphatic imine (C=N–C) groups is 1. The molecule has 1 aliphatic carbocycles. The first-order chi connectivity index (χ1) is 8.72. The van der Waals surface area contributed by atoms with Crippen molar-refractivity contribution >= 4 is 12.0 Å². The molecule has 1 aliphatic heterocycles. The quantitative estimate of drug-likeness (QED) is 0.886. The zero-order chi connectivity index (χ0) is 12.5. The summed E-state index contributed by atoms with van der Waals surface area (Å²) in [6, 6.07) is 6.44. The molecule has 0 bridgehead atoms. The SMILES string of the molecule is O=C1OC(c2ccc(O)cc2)=NCN1CC1CC1. The van der Waals surface area contributed by atoms with Crippen LogP contribution in [0, 0.1) is 5.92 Å². The standard InChI is InChI=1S/C13H14N2O3/c16-11-5-3-10(4-6-11)12-14-8-15(13(17)18-12)7-9-1-2-9/h3-6,9,16H,1-2,7-8H2. The van der Waals surface area contributed by atoms with Gasteiger partial charge in [0.25, 0.3) is 0 Å². The van der Waals surface area contributed by atoms with Crippen LogP contribution in [0.15, 0.2) is 29.3 Å². The molecular weight excluding hydrogens is 232 g/mol. The number of ether oxygens (including phenoxy) is 1.